The van der Waals surface area contributed by atoms with Crippen molar-refractivity contribution in [1.29, 1.82) is 0 Å². The van der Waals surface area contributed by atoms with Crippen molar-refractivity contribution in [3.05, 3.63) is 18.0 Å². The zero-order valence-corrected chi connectivity index (χ0v) is 15.3. The molecule has 1 aliphatic heterocycles. The van der Waals surface area contributed by atoms with Crippen LogP contribution in [0.4, 0.5) is 0 Å². The fraction of sp³-hybridized carbons (Fsp3) is 0.600. The van der Waals surface area contributed by atoms with Crippen LogP contribution in [0.5, 0.6) is 0 Å². The molecule has 1 aromatic heterocycles. The Labute approximate surface area is 149 Å². The predicted octanol–water partition coefficient (Wildman–Crippen LogP) is 1.40. The molecule has 2 rings (SSSR count). The SMILES string of the molecule is C#CCCN=C(NCC)N1CCN(Cc2ccon2)CC1.I. The molecular formula is C15H24IN5O. The monoisotopic (exact) mass is 417 g/mol. The third-order valence-corrected chi connectivity index (χ3v) is 3.40. The number of hydrogen-bond acceptors (Lipinski definition) is 4. The van der Waals surface area contributed by atoms with E-state index in [-0.39, 0.29) is 24.0 Å². The van der Waals surface area contributed by atoms with Gasteiger partial charge in [0.25, 0.3) is 0 Å². The predicted molar refractivity (Wildman–Crippen MR) is 98.2 cm³/mol. The van der Waals surface area contributed by atoms with E-state index < -0.39 is 0 Å². The Morgan fingerprint density at radius 1 is 1.45 bits per heavy atom. The van der Waals surface area contributed by atoms with Gasteiger partial charge >= 0.3 is 0 Å². The number of hydrogen-bond donors (Lipinski definition) is 1. The van der Waals surface area contributed by atoms with Gasteiger partial charge in [-0.2, -0.15) is 0 Å². The number of piperazine rings is 1. The molecule has 0 atom stereocenters. The first-order chi connectivity index (χ1) is 10.3. The quantitative estimate of drug-likeness (QED) is 0.258. The lowest BCUT2D eigenvalue weighted by Gasteiger charge is -2.36. The summed E-state index contributed by atoms with van der Waals surface area (Å²) >= 11 is 0. The van der Waals surface area contributed by atoms with Crippen molar-refractivity contribution in [2.45, 2.75) is 19.9 Å². The second-order valence-electron chi connectivity index (χ2n) is 4.94. The molecule has 2 heterocycles. The molecule has 0 spiro atoms. The van der Waals surface area contributed by atoms with Crippen molar-refractivity contribution in [2.24, 2.45) is 4.99 Å². The summed E-state index contributed by atoms with van der Waals surface area (Å²) in [5, 5.41) is 7.29. The maximum atomic E-state index is 5.28. The normalized spacial score (nSPS) is 16.0. The highest BCUT2D eigenvalue weighted by Gasteiger charge is 2.20. The average Bonchev–Trinajstić information content (AvgIpc) is 3.00. The van der Waals surface area contributed by atoms with Crippen LogP contribution in [0, 0.1) is 12.3 Å². The summed E-state index contributed by atoms with van der Waals surface area (Å²) in [6.45, 7) is 8.37. The van der Waals surface area contributed by atoms with Gasteiger partial charge in [0.15, 0.2) is 5.96 Å². The third-order valence-electron chi connectivity index (χ3n) is 3.40. The Hall–Kier alpha value is -1.27. The fourth-order valence-corrected chi connectivity index (χ4v) is 2.32. The summed E-state index contributed by atoms with van der Waals surface area (Å²) in [4.78, 5) is 9.24. The van der Waals surface area contributed by atoms with Crippen LogP contribution in [0.2, 0.25) is 0 Å². The standard InChI is InChI=1S/C15H23N5O.HI/c1-3-5-7-17-15(16-4-2)20-10-8-19(9-11-20)13-14-6-12-21-18-14;/h1,6,12H,4-5,7-11,13H2,2H3,(H,16,17);1H. The first kappa shape index (κ1) is 18.8. The molecule has 122 valence electrons. The molecule has 1 fully saturated rings. The van der Waals surface area contributed by atoms with E-state index in [1.54, 1.807) is 6.26 Å². The number of nitrogens with one attached hydrogen (secondary N) is 1. The average molecular weight is 417 g/mol. The van der Waals surface area contributed by atoms with Gasteiger partial charge in [0, 0.05) is 51.8 Å². The highest BCUT2D eigenvalue weighted by atomic mass is 127. The van der Waals surface area contributed by atoms with E-state index in [9.17, 15) is 0 Å². The van der Waals surface area contributed by atoms with E-state index >= 15 is 0 Å². The lowest BCUT2D eigenvalue weighted by Crippen LogP contribution is -2.52. The molecule has 0 amide bonds. The second-order valence-corrected chi connectivity index (χ2v) is 4.94. The molecule has 1 saturated heterocycles. The molecular weight excluding hydrogens is 393 g/mol. The molecule has 0 saturated carbocycles. The summed E-state index contributed by atoms with van der Waals surface area (Å²) in [5.74, 6) is 3.59. The van der Waals surface area contributed by atoms with Crippen molar-refractivity contribution >= 4 is 29.9 Å². The number of aromatic nitrogens is 1. The minimum absolute atomic E-state index is 0. The molecule has 1 aliphatic rings. The van der Waals surface area contributed by atoms with Gasteiger partial charge in [-0.15, -0.1) is 36.3 Å². The lowest BCUT2D eigenvalue weighted by atomic mass is 10.3. The van der Waals surface area contributed by atoms with Crippen LogP contribution < -0.4 is 5.32 Å². The molecule has 0 aliphatic carbocycles. The van der Waals surface area contributed by atoms with E-state index in [4.69, 9.17) is 10.9 Å². The van der Waals surface area contributed by atoms with Crippen LogP contribution in [-0.2, 0) is 6.54 Å². The number of guanidine groups is 1. The largest absolute Gasteiger partial charge is 0.364 e. The van der Waals surface area contributed by atoms with Gasteiger partial charge in [0.1, 0.15) is 6.26 Å². The van der Waals surface area contributed by atoms with Gasteiger partial charge in [-0.1, -0.05) is 5.16 Å². The van der Waals surface area contributed by atoms with Crippen LogP contribution in [0.3, 0.4) is 0 Å². The molecule has 22 heavy (non-hydrogen) atoms. The minimum Gasteiger partial charge on any atom is -0.364 e. The number of nitrogens with zero attached hydrogens (tertiary/aromatic N) is 4. The van der Waals surface area contributed by atoms with Gasteiger partial charge in [-0.05, 0) is 6.92 Å². The van der Waals surface area contributed by atoms with Crippen LogP contribution in [0.15, 0.2) is 21.8 Å². The highest BCUT2D eigenvalue weighted by Crippen LogP contribution is 2.07. The molecule has 6 nitrogen and oxygen atoms in total. The summed E-state index contributed by atoms with van der Waals surface area (Å²) < 4.78 is 4.87. The Morgan fingerprint density at radius 2 is 2.23 bits per heavy atom. The first-order valence-electron chi connectivity index (χ1n) is 7.41. The third kappa shape index (κ3) is 5.85. The maximum absolute atomic E-state index is 5.28. The smallest absolute Gasteiger partial charge is 0.194 e. The lowest BCUT2D eigenvalue weighted by molar-refractivity contribution is 0.169. The second kappa shape index (κ2) is 10.5. The van der Waals surface area contributed by atoms with Crippen molar-refractivity contribution < 1.29 is 4.52 Å². The number of aliphatic imine (C=N–C) groups is 1. The minimum atomic E-state index is 0. The van der Waals surface area contributed by atoms with E-state index in [0.29, 0.717) is 13.0 Å². The van der Waals surface area contributed by atoms with Gasteiger partial charge in [-0.25, -0.2) is 0 Å². The van der Waals surface area contributed by atoms with Gasteiger partial charge < -0.3 is 14.7 Å². The van der Waals surface area contributed by atoms with E-state index in [1.807, 2.05) is 6.07 Å². The summed E-state index contributed by atoms with van der Waals surface area (Å²) in [6, 6.07) is 1.91. The molecule has 0 bridgehead atoms. The summed E-state index contributed by atoms with van der Waals surface area (Å²) in [5.41, 5.74) is 0.984. The van der Waals surface area contributed by atoms with Gasteiger partial charge in [0.2, 0.25) is 0 Å². The fourth-order valence-electron chi connectivity index (χ4n) is 2.32. The van der Waals surface area contributed by atoms with Crippen molar-refractivity contribution in [3.63, 3.8) is 0 Å². The molecule has 0 radical (unpaired) electrons. The van der Waals surface area contributed by atoms with E-state index in [0.717, 1.165) is 50.9 Å². The summed E-state index contributed by atoms with van der Waals surface area (Å²) in [6.07, 6.45) is 7.58. The van der Waals surface area contributed by atoms with Crippen molar-refractivity contribution in [3.8, 4) is 12.3 Å². The van der Waals surface area contributed by atoms with Crippen LogP contribution in [-0.4, -0.2) is 60.2 Å². The Balaban J connectivity index is 0.00000242. The molecule has 0 aromatic carbocycles. The molecule has 0 unspecified atom stereocenters. The van der Waals surface area contributed by atoms with Crippen LogP contribution in [0.25, 0.3) is 0 Å². The van der Waals surface area contributed by atoms with Gasteiger partial charge in [-0.3, -0.25) is 9.89 Å². The molecule has 7 heteroatoms. The number of rotatable bonds is 5. The topological polar surface area (TPSA) is 56.9 Å². The zero-order chi connectivity index (χ0) is 14.9. The highest BCUT2D eigenvalue weighted by molar-refractivity contribution is 14.0. The van der Waals surface area contributed by atoms with E-state index in [1.165, 1.54) is 0 Å². The van der Waals surface area contributed by atoms with E-state index in [2.05, 4.69) is 38.1 Å². The van der Waals surface area contributed by atoms with Crippen molar-refractivity contribution in [2.75, 3.05) is 39.3 Å². The van der Waals surface area contributed by atoms with Crippen molar-refractivity contribution in [1.82, 2.24) is 20.3 Å². The van der Waals surface area contributed by atoms with Gasteiger partial charge in [0.05, 0.1) is 12.2 Å². The molecule has 1 N–H and O–H groups in total. The summed E-state index contributed by atoms with van der Waals surface area (Å²) in [7, 11) is 0. The van der Waals surface area contributed by atoms with Crippen LogP contribution >= 0.6 is 24.0 Å². The first-order valence-corrected chi connectivity index (χ1v) is 7.41. The Bertz CT molecular complexity index is 475. The van der Waals surface area contributed by atoms with Crippen LogP contribution in [0.1, 0.15) is 19.0 Å². The number of halogens is 1. The number of terminal acetylenes is 1. The Kier molecular flexibility index (Phi) is 8.92. The molecule has 1 aromatic rings. The maximum Gasteiger partial charge on any atom is 0.194 e. The zero-order valence-electron chi connectivity index (χ0n) is 13.0. The Morgan fingerprint density at radius 3 is 2.82 bits per heavy atom.